The Morgan fingerprint density at radius 2 is 2.05 bits per heavy atom. The van der Waals surface area contributed by atoms with Gasteiger partial charge in [0.2, 0.25) is 0 Å². The zero-order chi connectivity index (χ0) is 14.7. The molecule has 2 rings (SSSR count). The first-order valence-corrected chi connectivity index (χ1v) is 7.33. The van der Waals surface area contributed by atoms with E-state index in [1.54, 1.807) is 12.1 Å². The van der Waals surface area contributed by atoms with E-state index in [9.17, 15) is 8.78 Å². The normalized spacial score (nSPS) is 12.7. The fourth-order valence-electron chi connectivity index (χ4n) is 1.90. The summed E-state index contributed by atoms with van der Waals surface area (Å²) in [6, 6.07) is 4.93. The summed E-state index contributed by atoms with van der Waals surface area (Å²) in [4.78, 5) is 0. The molecule has 0 aliphatic rings. The Balaban J connectivity index is 2.43. The molecule has 0 saturated heterocycles. The van der Waals surface area contributed by atoms with Crippen LogP contribution in [0.25, 0.3) is 0 Å². The van der Waals surface area contributed by atoms with Crippen molar-refractivity contribution in [1.82, 2.24) is 5.32 Å². The maximum Gasteiger partial charge on any atom is 0.169 e. The highest BCUT2D eigenvalue weighted by Crippen LogP contribution is 2.30. The lowest BCUT2D eigenvalue weighted by Crippen LogP contribution is -2.24. The van der Waals surface area contributed by atoms with Gasteiger partial charge in [-0.05, 0) is 53.2 Å². The van der Waals surface area contributed by atoms with Gasteiger partial charge in [-0.15, -0.1) is 0 Å². The minimum Gasteiger partial charge on any atom is -0.452 e. The number of hydrogen-bond acceptors (Lipinski definition) is 2. The van der Waals surface area contributed by atoms with Crippen molar-refractivity contribution in [2.45, 2.75) is 19.4 Å². The second kappa shape index (κ2) is 6.70. The van der Waals surface area contributed by atoms with Crippen LogP contribution in [0.15, 0.2) is 33.4 Å². The summed E-state index contributed by atoms with van der Waals surface area (Å²) in [7, 11) is 0. The van der Waals surface area contributed by atoms with Crippen LogP contribution in [0.3, 0.4) is 0 Å². The van der Waals surface area contributed by atoms with Gasteiger partial charge in [-0.1, -0.05) is 18.5 Å². The number of halogens is 4. The van der Waals surface area contributed by atoms with E-state index in [1.807, 2.05) is 6.92 Å². The van der Waals surface area contributed by atoms with Gasteiger partial charge in [-0.3, -0.25) is 0 Å². The van der Waals surface area contributed by atoms with E-state index in [0.29, 0.717) is 17.0 Å². The molecule has 1 aromatic carbocycles. The summed E-state index contributed by atoms with van der Waals surface area (Å²) in [5.41, 5.74) is 0.169. The smallest absolute Gasteiger partial charge is 0.169 e. The minimum atomic E-state index is -0.656. The van der Waals surface area contributed by atoms with Crippen LogP contribution in [0.4, 0.5) is 8.78 Å². The monoisotopic (exact) mass is 363 g/mol. The Morgan fingerprint density at radius 3 is 2.65 bits per heavy atom. The Hall–Kier alpha value is -0.910. The van der Waals surface area contributed by atoms with Gasteiger partial charge in [0.1, 0.15) is 17.4 Å². The quantitative estimate of drug-likeness (QED) is 0.750. The fraction of sp³-hybridized carbons (Fsp3) is 0.286. The van der Waals surface area contributed by atoms with Gasteiger partial charge >= 0.3 is 0 Å². The summed E-state index contributed by atoms with van der Waals surface area (Å²) >= 11 is 8.78. The molecule has 0 radical (unpaired) electrons. The number of nitrogens with one attached hydrogen (secondary N) is 1. The third-order valence-corrected chi connectivity index (χ3v) is 3.54. The predicted octanol–water partition coefficient (Wildman–Crippen LogP) is 5.06. The van der Waals surface area contributed by atoms with Crippen molar-refractivity contribution >= 4 is 27.5 Å². The number of rotatable bonds is 5. The molecule has 108 valence electrons. The third-order valence-electron chi connectivity index (χ3n) is 2.83. The van der Waals surface area contributed by atoms with Crippen molar-refractivity contribution in [1.29, 1.82) is 0 Å². The first-order valence-electron chi connectivity index (χ1n) is 6.16. The molecule has 1 atom stereocenters. The Kier molecular flexibility index (Phi) is 5.18. The van der Waals surface area contributed by atoms with Gasteiger partial charge in [0.15, 0.2) is 4.67 Å². The number of furan rings is 1. The van der Waals surface area contributed by atoms with E-state index in [2.05, 4.69) is 21.2 Å². The average molecular weight is 365 g/mol. The van der Waals surface area contributed by atoms with Crippen LogP contribution in [0.1, 0.15) is 30.7 Å². The predicted molar refractivity (Wildman–Crippen MR) is 77.9 cm³/mol. The van der Waals surface area contributed by atoms with E-state index in [-0.39, 0.29) is 10.6 Å². The van der Waals surface area contributed by atoms with E-state index >= 15 is 0 Å². The molecular formula is C14H13BrClF2NO. The standard InChI is InChI=1S/C14H13BrClF2NO/c1-2-5-19-14(12-3-4-13(15)20-12)8-6-11(18)9(16)7-10(8)17/h3-4,6-7,14,19H,2,5H2,1H3. The number of benzene rings is 1. The molecule has 0 bridgehead atoms. The SMILES string of the molecule is CCCNC(c1ccc(Br)o1)c1cc(F)c(Cl)cc1F. The molecule has 0 amide bonds. The largest absolute Gasteiger partial charge is 0.452 e. The van der Waals surface area contributed by atoms with Gasteiger partial charge in [0, 0.05) is 5.56 Å². The van der Waals surface area contributed by atoms with Crippen LogP contribution in [0.5, 0.6) is 0 Å². The summed E-state index contributed by atoms with van der Waals surface area (Å²) in [6.07, 6.45) is 0.857. The zero-order valence-electron chi connectivity index (χ0n) is 10.7. The highest BCUT2D eigenvalue weighted by atomic mass is 79.9. The molecule has 1 unspecified atom stereocenters. The highest BCUT2D eigenvalue weighted by Gasteiger charge is 2.22. The molecule has 2 nitrogen and oxygen atoms in total. The van der Waals surface area contributed by atoms with Gasteiger partial charge in [0.05, 0.1) is 11.1 Å². The minimum absolute atomic E-state index is 0.169. The van der Waals surface area contributed by atoms with Crippen LogP contribution < -0.4 is 5.32 Å². The van der Waals surface area contributed by atoms with Crippen molar-refractivity contribution in [3.8, 4) is 0 Å². The lowest BCUT2D eigenvalue weighted by Gasteiger charge is -2.18. The van der Waals surface area contributed by atoms with Crippen molar-refractivity contribution in [2.24, 2.45) is 0 Å². The van der Waals surface area contributed by atoms with Crippen molar-refractivity contribution in [3.05, 3.63) is 56.9 Å². The van der Waals surface area contributed by atoms with Gasteiger partial charge < -0.3 is 9.73 Å². The molecule has 1 heterocycles. The summed E-state index contributed by atoms with van der Waals surface area (Å²) in [5.74, 6) is -0.722. The van der Waals surface area contributed by atoms with E-state index in [1.165, 1.54) is 0 Å². The molecule has 20 heavy (non-hydrogen) atoms. The van der Waals surface area contributed by atoms with Crippen molar-refractivity contribution in [2.75, 3.05) is 6.54 Å². The van der Waals surface area contributed by atoms with Crippen LogP contribution in [-0.2, 0) is 0 Å². The Labute approximate surface area is 129 Å². The number of hydrogen-bond donors (Lipinski definition) is 1. The Bertz CT molecular complexity index is 603. The maximum atomic E-state index is 14.1. The first kappa shape index (κ1) is 15.5. The Morgan fingerprint density at radius 1 is 1.30 bits per heavy atom. The van der Waals surface area contributed by atoms with E-state index < -0.39 is 17.7 Å². The lowest BCUT2D eigenvalue weighted by atomic mass is 10.0. The van der Waals surface area contributed by atoms with Gasteiger partial charge in [-0.2, -0.15) is 0 Å². The van der Waals surface area contributed by atoms with E-state index in [0.717, 1.165) is 18.6 Å². The highest BCUT2D eigenvalue weighted by molar-refractivity contribution is 9.10. The van der Waals surface area contributed by atoms with Gasteiger partial charge in [-0.25, -0.2) is 8.78 Å². The first-order chi connectivity index (χ1) is 9.52. The van der Waals surface area contributed by atoms with Crippen molar-refractivity contribution in [3.63, 3.8) is 0 Å². The van der Waals surface area contributed by atoms with Gasteiger partial charge in [0.25, 0.3) is 0 Å². The molecule has 0 aliphatic carbocycles. The summed E-state index contributed by atoms with van der Waals surface area (Å²) in [5, 5.41) is 2.90. The lowest BCUT2D eigenvalue weighted by molar-refractivity contribution is 0.422. The van der Waals surface area contributed by atoms with Crippen LogP contribution >= 0.6 is 27.5 Å². The summed E-state index contributed by atoms with van der Waals surface area (Å²) in [6.45, 7) is 2.63. The molecule has 0 fully saturated rings. The van der Waals surface area contributed by atoms with Crippen LogP contribution in [0, 0.1) is 11.6 Å². The second-order valence-electron chi connectivity index (χ2n) is 4.32. The molecule has 0 aliphatic heterocycles. The zero-order valence-corrected chi connectivity index (χ0v) is 13.1. The molecule has 0 spiro atoms. The van der Waals surface area contributed by atoms with E-state index in [4.69, 9.17) is 16.0 Å². The van der Waals surface area contributed by atoms with Crippen molar-refractivity contribution < 1.29 is 13.2 Å². The third kappa shape index (κ3) is 3.40. The molecule has 0 saturated carbocycles. The topological polar surface area (TPSA) is 25.2 Å². The summed E-state index contributed by atoms with van der Waals surface area (Å²) < 4.78 is 33.6. The fourth-order valence-corrected chi connectivity index (χ4v) is 2.36. The second-order valence-corrected chi connectivity index (χ2v) is 5.51. The maximum absolute atomic E-state index is 14.1. The molecule has 1 N–H and O–H groups in total. The molecule has 1 aromatic heterocycles. The molecule has 6 heteroatoms. The molecular weight excluding hydrogens is 352 g/mol. The van der Waals surface area contributed by atoms with Crippen LogP contribution in [0.2, 0.25) is 5.02 Å². The van der Waals surface area contributed by atoms with Crippen LogP contribution in [-0.4, -0.2) is 6.54 Å². The molecule has 2 aromatic rings. The average Bonchev–Trinajstić information content (AvgIpc) is 2.82.